The van der Waals surface area contributed by atoms with Crippen molar-refractivity contribution in [3.63, 3.8) is 0 Å². The Morgan fingerprint density at radius 1 is 1.17 bits per heavy atom. The molecule has 2 aromatic rings. The summed E-state index contributed by atoms with van der Waals surface area (Å²) in [6, 6.07) is 12.8. The molecule has 0 amide bonds. The minimum Gasteiger partial charge on any atom is -0.497 e. The summed E-state index contributed by atoms with van der Waals surface area (Å²) in [7, 11) is 1.70. The number of hydrogen-bond acceptors (Lipinski definition) is 4. The van der Waals surface area contributed by atoms with Gasteiger partial charge in [0, 0.05) is 19.6 Å². The van der Waals surface area contributed by atoms with Gasteiger partial charge in [0.2, 0.25) is 0 Å². The Labute approximate surface area is 137 Å². The topological polar surface area (TPSA) is 36.9 Å². The van der Waals surface area contributed by atoms with Crippen molar-refractivity contribution in [2.75, 3.05) is 26.7 Å². The molecule has 1 saturated carbocycles. The van der Waals surface area contributed by atoms with Crippen LogP contribution in [0.3, 0.4) is 0 Å². The number of methoxy groups -OCH3 is 1. The van der Waals surface area contributed by atoms with Gasteiger partial charge in [-0.25, -0.2) is 0 Å². The average Bonchev–Trinajstić information content (AvgIpc) is 3.29. The minimum atomic E-state index is 0.821. The third-order valence-corrected chi connectivity index (χ3v) is 4.67. The van der Waals surface area contributed by atoms with E-state index < -0.39 is 0 Å². The lowest BCUT2D eigenvalue weighted by atomic mass is 10.1. The van der Waals surface area contributed by atoms with E-state index >= 15 is 0 Å². The highest BCUT2D eigenvalue weighted by atomic mass is 16.5. The Kier molecular flexibility index (Phi) is 3.82. The molecule has 1 N–H and O–H groups in total. The quantitative estimate of drug-likeness (QED) is 0.922. The standard InChI is InChI=1S/C19H23N3O/c1-23-18-7-6-16-10-15(4-5-17(16)11-18)12-21-19-20-8-9-22(19)13-14-2-3-14/h4-7,10-11,14H,2-3,8-9,12-13H2,1H3,(H,20,21). The molecule has 2 aromatic carbocycles. The molecule has 0 spiro atoms. The Balaban J connectivity index is 1.43. The van der Waals surface area contributed by atoms with E-state index in [-0.39, 0.29) is 0 Å². The van der Waals surface area contributed by atoms with E-state index in [1.54, 1.807) is 7.11 Å². The summed E-state index contributed by atoms with van der Waals surface area (Å²) in [6.07, 6.45) is 2.77. The number of nitrogens with zero attached hydrogens (tertiary/aromatic N) is 2. The number of guanidine groups is 1. The second-order valence-electron chi connectivity index (χ2n) is 6.50. The van der Waals surface area contributed by atoms with Crippen LogP contribution in [0.2, 0.25) is 0 Å². The van der Waals surface area contributed by atoms with Crippen molar-refractivity contribution in [1.82, 2.24) is 10.2 Å². The minimum absolute atomic E-state index is 0.821. The van der Waals surface area contributed by atoms with Crippen LogP contribution in [0.5, 0.6) is 5.75 Å². The average molecular weight is 309 g/mol. The number of aliphatic imine (C=N–C) groups is 1. The number of benzene rings is 2. The first-order valence-electron chi connectivity index (χ1n) is 8.42. The summed E-state index contributed by atoms with van der Waals surface area (Å²) in [5, 5.41) is 5.97. The molecule has 23 heavy (non-hydrogen) atoms. The van der Waals surface area contributed by atoms with Crippen molar-refractivity contribution in [1.29, 1.82) is 0 Å². The van der Waals surface area contributed by atoms with Crippen LogP contribution in [0, 0.1) is 5.92 Å². The fourth-order valence-corrected chi connectivity index (χ4v) is 3.13. The summed E-state index contributed by atoms with van der Waals surface area (Å²) < 4.78 is 5.28. The molecule has 2 aliphatic rings. The van der Waals surface area contributed by atoms with Gasteiger partial charge in [0.1, 0.15) is 5.75 Å². The van der Waals surface area contributed by atoms with Crippen LogP contribution < -0.4 is 10.1 Å². The fraction of sp³-hybridized carbons (Fsp3) is 0.421. The first-order chi connectivity index (χ1) is 11.3. The van der Waals surface area contributed by atoms with Gasteiger partial charge in [-0.3, -0.25) is 4.99 Å². The molecule has 0 bridgehead atoms. The van der Waals surface area contributed by atoms with Crippen LogP contribution in [-0.2, 0) is 6.54 Å². The normalized spacial score (nSPS) is 17.4. The van der Waals surface area contributed by atoms with Gasteiger partial charge in [0.25, 0.3) is 0 Å². The van der Waals surface area contributed by atoms with Crippen LogP contribution in [0.1, 0.15) is 18.4 Å². The maximum absolute atomic E-state index is 5.28. The van der Waals surface area contributed by atoms with E-state index in [0.29, 0.717) is 0 Å². The molecule has 0 radical (unpaired) electrons. The Hall–Kier alpha value is -2.23. The Morgan fingerprint density at radius 3 is 2.83 bits per heavy atom. The molecule has 0 aromatic heterocycles. The molecule has 1 heterocycles. The number of nitrogens with one attached hydrogen (secondary N) is 1. The maximum Gasteiger partial charge on any atom is 0.194 e. The Bertz CT molecular complexity index is 736. The van der Waals surface area contributed by atoms with Gasteiger partial charge in [-0.15, -0.1) is 0 Å². The summed E-state index contributed by atoms with van der Waals surface area (Å²) in [6.45, 7) is 3.98. The number of rotatable bonds is 5. The first-order valence-corrected chi connectivity index (χ1v) is 8.42. The summed E-state index contributed by atoms with van der Waals surface area (Å²) in [5.41, 5.74) is 1.28. The van der Waals surface area contributed by atoms with Crippen LogP contribution in [0.4, 0.5) is 0 Å². The van der Waals surface area contributed by atoms with Crippen molar-refractivity contribution < 1.29 is 4.74 Å². The summed E-state index contributed by atoms with van der Waals surface area (Å²) in [4.78, 5) is 7.02. The molecule has 1 aliphatic carbocycles. The molecule has 0 saturated heterocycles. The fourth-order valence-electron chi connectivity index (χ4n) is 3.13. The molecule has 4 rings (SSSR count). The smallest absolute Gasteiger partial charge is 0.194 e. The van der Waals surface area contributed by atoms with Gasteiger partial charge in [-0.1, -0.05) is 18.2 Å². The zero-order chi connectivity index (χ0) is 15.6. The van der Waals surface area contributed by atoms with Crippen molar-refractivity contribution in [3.05, 3.63) is 42.0 Å². The van der Waals surface area contributed by atoms with E-state index in [4.69, 9.17) is 4.74 Å². The lowest BCUT2D eigenvalue weighted by Crippen LogP contribution is -2.39. The molecule has 4 nitrogen and oxygen atoms in total. The van der Waals surface area contributed by atoms with Gasteiger partial charge < -0.3 is 15.0 Å². The molecule has 0 unspecified atom stereocenters. The third-order valence-electron chi connectivity index (χ3n) is 4.67. The number of ether oxygens (including phenoxy) is 1. The monoisotopic (exact) mass is 309 g/mol. The van der Waals surface area contributed by atoms with E-state index in [1.165, 1.54) is 35.7 Å². The van der Waals surface area contributed by atoms with Crippen molar-refractivity contribution in [3.8, 4) is 5.75 Å². The molecule has 4 heteroatoms. The summed E-state index contributed by atoms with van der Waals surface area (Å²) in [5.74, 6) is 2.88. The van der Waals surface area contributed by atoms with E-state index in [9.17, 15) is 0 Å². The van der Waals surface area contributed by atoms with E-state index in [1.807, 2.05) is 6.07 Å². The molecule has 120 valence electrons. The Morgan fingerprint density at radius 2 is 2.00 bits per heavy atom. The van der Waals surface area contributed by atoms with Crippen LogP contribution in [0.15, 0.2) is 41.4 Å². The highest BCUT2D eigenvalue weighted by Crippen LogP contribution is 2.30. The summed E-state index contributed by atoms with van der Waals surface area (Å²) >= 11 is 0. The predicted octanol–water partition coefficient (Wildman–Crippen LogP) is 3.02. The first kappa shape index (κ1) is 14.4. The predicted molar refractivity (Wildman–Crippen MR) is 93.9 cm³/mol. The lowest BCUT2D eigenvalue weighted by molar-refractivity contribution is 0.415. The molecular weight excluding hydrogens is 286 g/mol. The highest BCUT2D eigenvalue weighted by molar-refractivity contribution is 5.85. The number of fused-ring (bicyclic) bond motifs is 1. The SMILES string of the molecule is COc1ccc2cc(CNC3=NCCN3CC3CC3)ccc2c1. The zero-order valence-corrected chi connectivity index (χ0v) is 13.6. The number of hydrogen-bond donors (Lipinski definition) is 1. The van der Waals surface area contributed by atoms with Crippen molar-refractivity contribution >= 4 is 16.7 Å². The van der Waals surface area contributed by atoms with Gasteiger partial charge >= 0.3 is 0 Å². The third kappa shape index (κ3) is 3.26. The largest absolute Gasteiger partial charge is 0.497 e. The van der Waals surface area contributed by atoms with E-state index in [2.05, 4.69) is 45.5 Å². The van der Waals surface area contributed by atoms with Crippen molar-refractivity contribution in [2.45, 2.75) is 19.4 Å². The van der Waals surface area contributed by atoms with Crippen LogP contribution in [-0.4, -0.2) is 37.6 Å². The highest BCUT2D eigenvalue weighted by Gasteiger charge is 2.27. The molecule has 1 fully saturated rings. The zero-order valence-electron chi connectivity index (χ0n) is 13.6. The van der Waals surface area contributed by atoms with Crippen LogP contribution in [0.25, 0.3) is 10.8 Å². The molecule has 1 aliphatic heterocycles. The van der Waals surface area contributed by atoms with Crippen LogP contribution >= 0.6 is 0 Å². The van der Waals surface area contributed by atoms with Gasteiger partial charge in [0.05, 0.1) is 13.7 Å². The lowest BCUT2D eigenvalue weighted by Gasteiger charge is -2.21. The molecular formula is C19H23N3O. The van der Waals surface area contributed by atoms with Gasteiger partial charge in [-0.05, 0) is 53.3 Å². The van der Waals surface area contributed by atoms with E-state index in [0.717, 1.165) is 37.3 Å². The van der Waals surface area contributed by atoms with Crippen molar-refractivity contribution in [2.24, 2.45) is 10.9 Å². The van der Waals surface area contributed by atoms with Gasteiger partial charge in [0.15, 0.2) is 5.96 Å². The maximum atomic E-state index is 5.28. The second kappa shape index (κ2) is 6.11. The second-order valence-corrected chi connectivity index (χ2v) is 6.50. The van der Waals surface area contributed by atoms with Gasteiger partial charge in [-0.2, -0.15) is 0 Å². The molecule has 0 atom stereocenters.